The lowest BCUT2D eigenvalue weighted by Crippen LogP contribution is -2.42. The average molecular weight is 327 g/mol. The number of carbonyl (C=O) groups is 2. The molecule has 6 heteroatoms. The van der Waals surface area contributed by atoms with E-state index < -0.39 is 6.04 Å². The van der Waals surface area contributed by atoms with Gasteiger partial charge in [-0.2, -0.15) is 0 Å². The Morgan fingerprint density at radius 3 is 2.89 bits per heavy atom. The zero-order chi connectivity index (χ0) is 13.8. The van der Waals surface area contributed by atoms with E-state index in [1.165, 1.54) is 0 Å². The summed E-state index contributed by atoms with van der Waals surface area (Å²) in [4.78, 5) is 25.0. The molecule has 1 unspecified atom stereocenters. The van der Waals surface area contributed by atoms with E-state index in [4.69, 9.17) is 4.74 Å². The first-order valence-corrected chi connectivity index (χ1v) is 6.79. The van der Waals surface area contributed by atoms with Crippen LogP contribution < -0.4 is 10.1 Å². The maximum atomic E-state index is 11.7. The van der Waals surface area contributed by atoms with Crippen LogP contribution in [-0.4, -0.2) is 43.0 Å². The second-order valence-corrected chi connectivity index (χ2v) is 5.24. The zero-order valence-corrected chi connectivity index (χ0v) is 12.1. The van der Waals surface area contributed by atoms with E-state index in [9.17, 15) is 9.59 Å². The van der Waals surface area contributed by atoms with Crippen LogP contribution in [0.1, 0.15) is 6.42 Å². The zero-order valence-electron chi connectivity index (χ0n) is 10.6. The van der Waals surface area contributed by atoms with Gasteiger partial charge in [0.25, 0.3) is 5.91 Å². The first-order chi connectivity index (χ1) is 9.08. The van der Waals surface area contributed by atoms with Crippen LogP contribution in [0, 0.1) is 0 Å². The summed E-state index contributed by atoms with van der Waals surface area (Å²) in [6.07, 6.45) is 0.649. The van der Waals surface area contributed by atoms with E-state index >= 15 is 0 Å². The van der Waals surface area contributed by atoms with E-state index in [1.54, 1.807) is 18.0 Å². The first-order valence-electron chi connectivity index (χ1n) is 5.99. The van der Waals surface area contributed by atoms with Gasteiger partial charge in [-0.15, -0.1) is 0 Å². The SMILES string of the molecule is CN1CCC(NC(=O)COc2ccccc2Br)C1=O. The van der Waals surface area contributed by atoms with Gasteiger partial charge < -0.3 is 15.0 Å². The number of nitrogens with zero attached hydrogens (tertiary/aromatic N) is 1. The molecular formula is C13H15BrN2O3. The Balaban J connectivity index is 1.82. The van der Waals surface area contributed by atoms with Gasteiger partial charge in [-0.25, -0.2) is 0 Å². The molecule has 1 aromatic carbocycles. The highest BCUT2D eigenvalue weighted by Crippen LogP contribution is 2.23. The second kappa shape index (κ2) is 6.06. The van der Waals surface area contributed by atoms with Crippen LogP contribution in [0.25, 0.3) is 0 Å². The topological polar surface area (TPSA) is 58.6 Å². The molecule has 1 aliphatic rings. The molecule has 0 aromatic heterocycles. The van der Waals surface area contributed by atoms with Crippen molar-refractivity contribution in [1.29, 1.82) is 0 Å². The van der Waals surface area contributed by atoms with Gasteiger partial charge in [0.05, 0.1) is 4.47 Å². The number of para-hydroxylation sites is 1. The Hall–Kier alpha value is -1.56. The molecule has 1 fully saturated rings. The van der Waals surface area contributed by atoms with Crippen molar-refractivity contribution in [2.24, 2.45) is 0 Å². The van der Waals surface area contributed by atoms with E-state index in [-0.39, 0.29) is 18.4 Å². The highest BCUT2D eigenvalue weighted by molar-refractivity contribution is 9.10. The monoisotopic (exact) mass is 326 g/mol. The molecule has 1 heterocycles. The average Bonchev–Trinajstić information content (AvgIpc) is 2.70. The number of rotatable bonds is 4. The number of amides is 2. The van der Waals surface area contributed by atoms with Gasteiger partial charge in [0.2, 0.25) is 5.91 Å². The van der Waals surface area contributed by atoms with E-state index in [2.05, 4.69) is 21.2 Å². The lowest BCUT2D eigenvalue weighted by molar-refractivity contribution is -0.132. The van der Waals surface area contributed by atoms with Crippen molar-refractivity contribution in [1.82, 2.24) is 10.2 Å². The number of hydrogen-bond acceptors (Lipinski definition) is 3. The standard InChI is InChI=1S/C13H15BrN2O3/c1-16-7-6-10(13(16)18)15-12(17)8-19-11-5-3-2-4-9(11)14/h2-5,10H,6-8H2,1H3,(H,15,17). The minimum Gasteiger partial charge on any atom is -0.483 e. The molecule has 2 amide bonds. The molecule has 0 spiro atoms. The second-order valence-electron chi connectivity index (χ2n) is 4.39. The van der Waals surface area contributed by atoms with E-state index in [0.29, 0.717) is 18.7 Å². The van der Waals surface area contributed by atoms with Crippen molar-refractivity contribution < 1.29 is 14.3 Å². The molecule has 5 nitrogen and oxygen atoms in total. The maximum absolute atomic E-state index is 11.7. The Morgan fingerprint density at radius 2 is 2.26 bits per heavy atom. The molecule has 0 aliphatic carbocycles. The quantitative estimate of drug-likeness (QED) is 0.903. The Kier molecular flexibility index (Phi) is 4.42. The van der Waals surface area contributed by atoms with Gasteiger partial charge in [-0.1, -0.05) is 12.1 Å². The normalized spacial score (nSPS) is 18.5. The Labute approximate surface area is 120 Å². The third-order valence-corrected chi connectivity index (χ3v) is 3.61. The molecule has 1 saturated heterocycles. The van der Waals surface area contributed by atoms with Crippen molar-refractivity contribution in [2.45, 2.75) is 12.5 Å². The smallest absolute Gasteiger partial charge is 0.258 e. The molecule has 19 heavy (non-hydrogen) atoms. The van der Waals surface area contributed by atoms with Gasteiger partial charge in [0.1, 0.15) is 11.8 Å². The summed E-state index contributed by atoms with van der Waals surface area (Å²) in [6, 6.07) is 6.88. The van der Waals surface area contributed by atoms with E-state index in [1.807, 2.05) is 18.2 Å². The van der Waals surface area contributed by atoms with Crippen LogP contribution >= 0.6 is 15.9 Å². The highest BCUT2D eigenvalue weighted by atomic mass is 79.9. The van der Waals surface area contributed by atoms with Crippen molar-refractivity contribution in [3.05, 3.63) is 28.7 Å². The van der Waals surface area contributed by atoms with Gasteiger partial charge in [0.15, 0.2) is 6.61 Å². The highest BCUT2D eigenvalue weighted by Gasteiger charge is 2.30. The molecule has 1 atom stereocenters. The number of likely N-dealkylation sites (N-methyl/N-ethyl adjacent to an activating group) is 1. The van der Waals surface area contributed by atoms with Crippen molar-refractivity contribution >= 4 is 27.7 Å². The summed E-state index contributed by atoms with van der Waals surface area (Å²) in [6.45, 7) is 0.574. The van der Waals surface area contributed by atoms with Crippen molar-refractivity contribution in [2.75, 3.05) is 20.2 Å². The number of benzene rings is 1. The maximum Gasteiger partial charge on any atom is 0.258 e. The summed E-state index contributed by atoms with van der Waals surface area (Å²) in [5.74, 6) is 0.270. The van der Waals surface area contributed by atoms with Crippen LogP contribution in [0.5, 0.6) is 5.75 Å². The number of nitrogens with one attached hydrogen (secondary N) is 1. The largest absolute Gasteiger partial charge is 0.483 e. The van der Waals surface area contributed by atoms with Gasteiger partial charge in [0, 0.05) is 13.6 Å². The Bertz CT molecular complexity index is 493. The van der Waals surface area contributed by atoms with Gasteiger partial charge in [-0.05, 0) is 34.5 Å². The molecule has 0 radical (unpaired) electrons. The molecular weight excluding hydrogens is 312 g/mol. The van der Waals surface area contributed by atoms with Crippen LogP contribution in [-0.2, 0) is 9.59 Å². The number of ether oxygens (including phenoxy) is 1. The molecule has 2 rings (SSSR count). The van der Waals surface area contributed by atoms with Gasteiger partial charge in [-0.3, -0.25) is 9.59 Å². The molecule has 0 bridgehead atoms. The van der Waals surface area contributed by atoms with Crippen LogP contribution in [0.3, 0.4) is 0 Å². The minimum absolute atomic E-state index is 0.0470. The van der Waals surface area contributed by atoms with Crippen molar-refractivity contribution in [3.63, 3.8) is 0 Å². The fourth-order valence-corrected chi connectivity index (χ4v) is 2.30. The van der Waals surface area contributed by atoms with E-state index in [0.717, 1.165) is 4.47 Å². The molecule has 1 aliphatic heterocycles. The lowest BCUT2D eigenvalue weighted by atomic mass is 10.2. The summed E-state index contributed by atoms with van der Waals surface area (Å²) >= 11 is 3.33. The summed E-state index contributed by atoms with van der Waals surface area (Å²) in [5, 5.41) is 2.68. The van der Waals surface area contributed by atoms with Gasteiger partial charge >= 0.3 is 0 Å². The molecule has 0 saturated carbocycles. The van der Waals surface area contributed by atoms with Crippen LogP contribution in [0.4, 0.5) is 0 Å². The number of likely N-dealkylation sites (tertiary alicyclic amines) is 1. The fourth-order valence-electron chi connectivity index (χ4n) is 1.90. The lowest BCUT2D eigenvalue weighted by Gasteiger charge is -2.13. The predicted molar refractivity (Wildman–Crippen MR) is 73.8 cm³/mol. The predicted octanol–water partition coefficient (Wildman–Crippen LogP) is 1.17. The summed E-state index contributed by atoms with van der Waals surface area (Å²) in [7, 11) is 1.73. The number of carbonyl (C=O) groups excluding carboxylic acids is 2. The molecule has 1 N–H and O–H groups in total. The molecule has 1 aromatic rings. The fraction of sp³-hybridized carbons (Fsp3) is 0.385. The molecule has 102 valence electrons. The number of halogens is 1. The summed E-state index contributed by atoms with van der Waals surface area (Å²) < 4.78 is 6.18. The third kappa shape index (κ3) is 3.47. The minimum atomic E-state index is -0.416. The summed E-state index contributed by atoms with van der Waals surface area (Å²) in [5.41, 5.74) is 0. The van der Waals surface area contributed by atoms with Crippen LogP contribution in [0.2, 0.25) is 0 Å². The number of hydrogen-bond donors (Lipinski definition) is 1. The van der Waals surface area contributed by atoms with Crippen LogP contribution in [0.15, 0.2) is 28.7 Å². The van der Waals surface area contributed by atoms with Crippen molar-refractivity contribution in [3.8, 4) is 5.75 Å². The Morgan fingerprint density at radius 1 is 1.53 bits per heavy atom. The first kappa shape index (κ1) is 13.9. The third-order valence-electron chi connectivity index (χ3n) is 2.96.